The molecule has 3 heterocycles. The SMILES string of the molecule is CN(C)c1ccnc(-n2c3[c-]c(Oc4[c-]c(-n5[c-][n+](-c6c(-c7cc(-c8ccccc8)cc(-c8ccccc8)c7)cccc6-c6cc(-c7ccccc7)cc(-c7ccccc7)c6)c6ccccc65)ccc4)ccc3c3ccccc32)c1.[Pt]. The molecule has 0 fully saturated rings. The van der Waals surface area contributed by atoms with Crippen LogP contribution in [0, 0.1) is 18.5 Å². The van der Waals surface area contributed by atoms with E-state index in [1.807, 2.05) is 44.6 Å². The van der Waals surface area contributed by atoms with Crippen molar-refractivity contribution in [2.45, 2.75) is 0 Å². The second kappa shape index (κ2) is 21.8. The molecule has 0 saturated heterocycles. The van der Waals surface area contributed by atoms with Crippen LogP contribution in [0.4, 0.5) is 5.69 Å². The number of rotatable bonds is 12. The van der Waals surface area contributed by atoms with Crippen LogP contribution in [0.25, 0.3) is 117 Å². The van der Waals surface area contributed by atoms with Crippen LogP contribution in [-0.4, -0.2) is 28.2 Å². The average Bonchev–Trinajstić information content (AvgIpc) is 4.29. The number of anilines is 1. The largest absolute Gasteiger partial charge is 0.510 e. The summed E-state index contributed by atoms with van der Waals surface area (Å²) >= 11 is 0. The summed E-state index contributed by atoms with van der Waals surface area (Å²) in [6, 6.07) is 102. The zero-order chi connectivity index (χ0) is 53.5. The number of benzene rings is 11. The Morgan fingerprint density at radius 1 is 0.420 bits per heavy atom. The molecule has 7 heteroatoms. The molecular weight excluding hydrogens is 1170 g/mol. The minimum Gasteiger partial charge on any atom is -0.510 e. The smallest absolute Gasteiger partial charge is 0.268 e. The van der Waals surface area contributed by atoms with E-state index in [4.69, 9.17) is 9.72 Å². The van der Waals surface area contributed by atoms with Crippen molar-refractivity contribution in [1.82, 2.24) is 14.1 Å². The number of para-hydroxylation sites is 4. The van der Waals surface area contributed by atoms with Crippen LogP contribution in [0.5, 0.6) is 11.5 Å². The zero-order valence-electron chi connectivity index (χ0n) is 44.4. The van der Waals surface area contributed by atoms with Gasteiger partial charge in [0.15, 0.2) is 0 Å². The van der Waals surface area contributed by atoms with Gasteiger partial charge in [0.1, 0.15) is 5.82 Å². The Balaban J connectivity index is 0.00000618. The third-order valence-corrected chi connectivity index (χ3v) is 15.0. The molecule has 0 unspecified atom stereocenters. The van der Waals surface area contributed by atoms with Gasteiger partial charge in [0, 0.05) is 70.1 Å². The molecule has 0 saturated carbocycles. The van der Waals surface area contributed by atoms with Crippen LogP contribution in [0.3, 0.4) is 0 Å². The first kappa shape index (κ1) is 50.6. The summed E-state index contributed by atoms with van der Waals surface area (Å²) in [4.78, 5) is 6.93. The third-order valence-electron chi connectivity index (χ3n) is 15.0. The van der Waals surface area contributed by atoms with Crippen molar-refractivity contribution in [1.29, 1.82) is 0 Å². The summed E-state index contributed by atoms with van der Waals surface area (Å²) in [5.74, 6) is 1.91. The molecule has 390 valence electrons. The van der Waals surface area contributed by atoms with Crippen LogP contribution in [0.15, 0.2) is 273 Å². The van der Waals surface area contributed by atoms with Crippen molar-refractivity contribution >= 4 is 38.5 Å². The van der Waals surface area contributed by atoms with Crippen molar-refractivity contribution in [2.75, 3.05) is 19.0 Å². The summed E-state index contributed by atoms with van der Waals surface area (Å²) in [6.07, 6.45) is 5.78. The Bertz CT molecular complexity index is 4330. The molecule has 0 aliphatic carbocycles. The molecular formula is C74H51N5OPt-2. The molecule has 0 spiro atoms. The minimum absolute atomic E-state index is 0. The van der Waals surface area contributed by atoms with Crippen LogP contribution in [0.2, 0.25) is 0 Å². The minimum atomic E-state index is 0. The van der Waals surface area contributed by atoms with Gasteiger partial charge in [0.25, 0.3) is 6.33 Å². The van der Waals surface area contributed by atoms with Crippen LogP contribution in [-0.2, 0) is 21.1 Å². The quantitative estimate of drug-likeness (QED) is 0.0904. The Morgan fingerprint density at radius 2 is 0.914 bits per heavy atom. The van der Waals surface area contributed by atoms with Crippen molar-refractivity contribution in [3.8, 4) is 95.5 Å². The van der Waals surface area contributed by atoms with Gasteiger partial charge in [-0.15, -0.1) is 29.7 Å². The number of aromatic nitrogens is 4. The number of pyridine rings is 1. The van der Waals surface area contributed by atoms with Crippen molar-refractivity contribution in [3.05, 3.63) is 292 Å². The summed E-state index contributed by atoms with van der Waals surface area (Å²) in [5.41, 5.74) is 20.1. The van der Waals surface area contributed by atoms with Gasteiger partial charge in [-0.25, -0.2) is 4.98 Å². The normalized spacial score (nSPS) is 11.2. The fraction of sp³-hybridized carbons (Fsp3) is 0.0270. The molecule has 0 amide bonds. The van der Waals surface area contributed by atoms with Gasteiger partial charge in [-0.3, -0.25) is 4.57 Å². The number of imidazole rings is 1. The van der Waals surface area contributed by atoms with Crippen LogP contribution >= 0.6 is 0 Å². The molecule has 11 aromatic carbocycles. The zero-order valence-corrected chi connectivity index (χ0v) is 46.7. The van der Waals surface area contributed by atoms with E-state index in [2.05, 4.69) is 280 Å². The van der Waals surface area contributed by atoms with E-state index in [-0.39, 0.29) is 21.1 Å². The number of fused-ring (bicyclic) bond motifs is 4. The fourth-order valence-corrected chi connectivity index (χ4v) is 11.1. The average molecular weight is 1220 g/mol. The maximum Gasteiger partial charge on any atom is 0.268 e. The molecule has 0 N–H and O–H groups in total. The molecule has 14 aromatic rings. The molecule has 81 heavy (non-hydrogen) atoms. The van der Waals surface area contributed by atoms with Gasteiger partial charge in [-0.2, -0.15) is 18.2 Å². The van der Waals surface area contributed by atoms with Crippen LogP contribution in [0.1, 0.15) is 0 Å². The first-order chi connectivity index (χ1) is 39.5. The Labute approximate surface area is 486 Å². The second-order valence-electron chi connectivity index (χ2n) is 20.2. The molecule has 0 bridgehead atoms. The van der Waals surface area contributed by atoms with Gasteiger partial charge in [-0.1, -0.05) is 188 Å². The van der Waals surface area contributed by atoms with Gasteiger partial charge in [0.05, 0.1) is 16.7 Å². The Kier molecular flexibility index (Phi) is 13.6. The van der Waals surface area contributed by atoms with Gasteiger partial charge < -0.3 is 18.8 Å². The first-order valence-electron chi connectivity index (χ1n) is 26.9. The maximum atomic E-state index is 6.76. The fourth-order valence-electron chi connectivity index (χ4n) is 11.1. The summed E-state index contributed by atoms with van der Waals surface area (Å²) in [6.45, 7) is 0. The molecule has 14 rings (SSSR count). The maximum absolute atomic E-state index is 6.76. The third kappa shape index (κ3) is 9.71. The van der Waals surface area contributed by atoms with Gasteiger partial charge in [0.2, 0.25) is 0 Å². The number of nitrogens with zero attached hydrogens (tertiary/aromatic N) is 5. The van der Waals surface area contributed by atoms with Crippen LogP contribution < -0.4 is 14.2 Å². The van der Waals surface area contributed by atoms with E-state index >= 15 is 0 Å². The van der Waals surface area contributed by atoms with E-state index in [0.29, 0.717) is 11.5 Å². The van der Waals surface area contributed by atoms with Crippen molar-refractivity contribution in [2.24, 2.45) is 0 Å². The Morgan fingerprint density at radius 3 is 1.48 bits per heavy atom. The molecule has 0 radical (unpaired) electrons. The molecule has 0 aliphatic heterocycles. The standard InChI is InChI=1S/C74H51N5O.Pt/c1-76(2)61-39-40-75-73(48-61)79-69-34-16-15-31-67(69)68-38-37-64(49-72(68)79)80-63-30-19-29-62(47-63)77-50-78(71-36-18-17-35-70(71)77)74-65(59-43-55(51-21-7-3-8-22-51)41-56(44-59)52-23-9-4-10-24-52)32-20-33-66(74)60-45-57(53-25-11-5-12-26-53)42-58(46-60)54-27-13-6-14-28-54;/h3-46,48H,1-2H3;/q-2;. The van der Waals surface area contributed by atoms with E-state index < -0.39 is 0 Å². The topological polar surface area (TPSA) is 39.1 Å². The van der Waals surface area contributed by atoms with E-state index in [9.17, 15) is 0 Å². The van der Waals surface area contributed by atoms with E-state index in [1.54, 1.807) is 0 Å². The van der Waals surface area contributed by atoms with Crippen molar-refractivity contribution < 1.29 is 30.4 Å². The molecule has 6 nitrogen and oxygen atoms in total. The van der Waals surface area contributed by atoms with Gasteiger partial charge >= 0.3 is 0 Å². The predicted molar refractivity (Wildman–Crippen MR) is 327 cm³/mol. The van der Waals surface area contributed by atoms with E-state index in [1.165, 1.54) is 0 Å². The second-order valence-corrected chi connectivity index (χ2v) is 20.2. The van der Waals surface area contributed by atoms with E-state index in [0.717, 1.165) is 122 Å². The molecule has 3 aromatic heterocycles. The number of hydrogen-bond acceptors (Lipinski definition) is 3. The molecule has 0 aliphatic rings. The summed E-state index contributed by atoms with van der Waals surface area (Å²) in [7, 11) is 4.08. The van der Waals surface area contributed by atoms with Crippen molar-refractivity contribution in [3.63, 3.8) is 0 Å². The Hall–Kier alpha value is -9.87. The first-order valence-corrected chi connectivity index (χ1v) is 26.9. The monoisotopic (exact) mass is 1220 g/mol. The number of ether oxygens (including phenoxy) is 1. The predicted octanol–water partition coefficient (Wildman–Crippen LogP) is 17.7. The summed E-state index contributed by atoms with van der Waals surface area (Å²) in [5, 5.41) is 2.18. The number of hydrogen-bond donors (Lipinski definition) is 0. The van der Waals surface area contributed by atoms with Gasteiger partial charge in [-0.05, 0) is 126 Å². The molecule has 0 atom stereocenters. The summed E-state index contributed by atoms with van der Waals surface area (Å²) < 4.78 is 13.3.